The fourth-order valence-corrected chi connectivity index (χ4v) is 2.10. The van der Waals surface area contributed by atoms with Crippen LogP contribution in [0.2, 0.25) is 0 Å². The van der Waals surface area contributed by atoms with Gasteiger partial charge in [-0.15, -0.1) is 0 Å². The highest BCUT2D eigenvalue weighted by Gasteiger charge is 2.31. The average molecular weight is 269 g/mol. The Balaban J connectivity index is 2.19. The van der Waals surface area contributed by atoms with Gasteiger partial charge in [-0.2, -0.15) is 18.4 Å². The van der Waals surface area contributed by atoms with Crippen LogP contribution in [0.4, 0.5) is 13.2 Å². The van der Waals surface area contributed by atoms with Gasteiger partial charge in [-0.1, -0.05) is 6.07 Å². The predicted octanol–water partition coefficient (Wildman–Crippen LogP) is 1.98. The lowest BCUT2D eigenvalue weighted by Crippen LogP contribution is -2.43. The number of rotatable bonds is 2. The number of halogens is 3. The average Bonchev–Trinajstić information content (AvgIpc) is 2.39. The molecule has 2 rings (SSSR count). The van der Waals surface area contributed by atoms with Crippen molar-refractivity contribution in [3.63, 3.8) is 0 Å². The smallest absolute Gasteiger partial charge is 0.314 e. The van der Waals surface area contributed by atoms with E-state index in [0.717, 1.165) is 38.3 Å². The van der Waals surface area contributed by atoms with E-state index in [2.05, 4.69) is 10.2 Å². The number of nitriles is 1. The summed E-state index contributed by atoms with van der Waals surface area (Å²) in [6, 6.07) is 5.23. The molecule has 1 aromatic rings. The van der Waals surface area contributed by atoms with E-state index >= 15 is 0 Å². The van der Waals surface area contributed by atoms with Gasteiger partial charge in [0.05, 0.1) is 17.2 Å². The van der Waals surface area contributed by atoms with Crippen LogP contribution in [0.5, 0.6) is 0 Å². The van der Waals surface area contributed by atoms with E-state index in [0.29, 0.717) is 12.1 Å². The molecule has 0 atom stereocenters. The molecular formula is C13H14F3N3. The van der Waals surface area contributed by atoms with E-state index in [9.17, 15) is 13.2 Å². The van der Waals surface area contributed by atoms with Crippen molar-refractivity contribution in [3.05, 3.63) is 34.9 Å². The summed E-state index contributed by atoms with van der Waals surface area (Å²) in [7, 11) is 0. The van der Waals surface area contributed by atoms with Crippen molar-refractivity contribution < 1.29 is 13.2 Å². The molecule has 0 spiro atoms. The van der Waals surface area contributed by atoms with Gasteiger partial charge in [-0.05, 0) is 17.7 Å². The Morgan fingerprint density at radius 3 is 2.53 bits per heavy atom. The molecular weight excluding hydrogens is 255 g/mol. The van der Waals surface area contributed by atoms with E-state index in [1.165, 1.54) is 6.07 Å². The first-order valence-electron chi connectivity index (χ1n) is 6.04. The summed E-state index contributed by atoms with van der Waals surface area (Å²) in [6.07, 6.45) is -4.40. The van der Waals surface area contributed by atoms with Crippen molar-refractivity contribution >= 4 is 0 Å². The number of nitrogens with one attached hydrogen (secondary N) is 1. The van der Waals surface area contributed by atoms with Crippen LogP contribution in [0.25, 0.3) is 0 Å². The Labute approximate surface area is 109 Å². The normalized spacial score (nSPS) is 17.2. The molecule has 1 fully saturated rings. The molecule has 1 aromatic carbocycles. The molecule has 6 heteroatoms. The summed E-state index contributed by atoms with van der Waals surface area (Å²) >= 11 is 0. The quantitative estimate of drug-likeness (QED) is 0.892. The predicted molar refractivity (Wildman–Crippen MR) is 64.3 cm³/mol. The minimum atomic E-state index is -4.40. The van der Waals surface area contributed by atoms with Gasteiger partial charge in [0.15, 0.2) is 0 Å². The summed E-state index contributed by atoms with van der Waals surface area (Å²) < 4.78 is 37.7. The minimum Gasteiger partial charge on any atom is -0.314 e. The Morgan fingerprint density at radius 2 is 1.95 bits per heavy atom. The van der Waals surface area contributed by atoms with Crippen LogP contribution in [-0.4, -0.2) is 31.1 Å². The lowest BCUT2D eigenvalue weighted by Gasteiger charge is -2.27. The molecule has 1 heterocycles. The summed E-state index contributed by atoms with van der Waals surface area (Å²) in [5, 5.41) is 12.2. The summed E-state index contributed by atoms with van der Waals surface area (Å²) in [6.45, 7) is 3.92. The molecule has 3 nitrogen and oxygen atoms in total. The molecule has 0 bridgehead atoms. The zero-order chi connectivity index (χ0) is 13.9. The van der Waals surface area contributed by atoms with E-state index in [1.807, 2.05) is 6.07 Å². The molecule has 1 saturated heterocycles. The van der Waals surface area contributed by atoms with Gasteiger partial charge in [0, 0.05) is 32.7 Å². The molecule has 0 saturated carbocycles. The van der Waals surface area contributed by atoms with E-state index in [1.54, 1.807) is 0 Å². The summed E-state index contributed by atoms with van der Waals surface area (Å²) in [4.78, 5) is 2.12. The topological polar surface area (TPSA) is 39.1 Å². The monoisotopic (exact) mass is 269 g/mol. The highest BCUT2D eigenvalue weighted by molar-refractivity contribution is 5.41. The second-order valence-corrected chi connectivity index (χ2v) is 4.51. The Bertz CT molecular complexity index is 485. The van der Waals surface area contributed by atoms with Crippen LogP contribution in [0, 0.1) is 11.3 Å². The number of benzene rings is 1. The number of hydrogen-bond donors (Lipinski definition) is 1. The zero-order valence-corrected chi connectivity index (χ0v) is 10.3. The lowest BCUT2D eigenvalue weighted by molar-refractivity contribution is -0.137. The minimum absolute atomic E-state index is 0.105. The maximum Gasteiger partial charge on any atom is 0.416 e. The number of nitrogens with zero attached hydrogens (tertiary/aromatic N) is 2. The third-order valence-corrected chi connectivity index (χ3v) is 3.16. The third kappa shape index (κ3) is 3.46. The fourth-order valence-electron chi connectivity index (χ4n) is 2.10. The van der Waals surface area contributed by atoms with Crippen molar-refractivity contribution in [2.45, 2.75) is 12.7 Å². The van der Waals surface area contributed by atoms with E-state index in [-0.39, 0.29) is 5.56 Å². The van der Waals surface area contributed by atoms with Crippen molar-refractivity contribution in [1.82, 2.24) is 10.2 Å². The van der Waals surface area contributed by atoms with Crippen molar-refractivity contribution in [1.29, 1.82) is 5.26 Å². The van der Waals surface area contributed by atoms with Crippen LogP contribution in [0.3, 0.4) is 0 Å². The van der Waals surface area contributed by atoms with Crippen LogP contribution in [0.1, 0.15) is 16.7 Å². The first-order chi connectivity index (χ1) is 9.00. The Kier molecular flexibility index (Phi) is 4.08. The molecule has 19 heavy (non-hydrogen) atoms. The van der Waals surface area contributed by atoms with Gasteiger partial charge in [-0.3, -0.25) is 4.90 Å². The van der Waals surface area contributed by atoms with Gasteiger partial charge in [-0.25, -0.2) is 0 Å². The lowest BCUT2D eigenvalue weighted by atomic mass is 10.0. The second kappa shape index (κ2) is 5.59. The van der Waals surface area contributed by atoms with Crippen LogP contribution in [0.15, 0.2) is 18.2 Å². The molecule has 0 unspecified atom stereocenters. The van der Waals surface area contributed by atoms with Gasteiger partial charge < -0.3 is 5.32 Å². The second-order valence-electron chi connectivity index (χ2n) is 4.51. The molecule has 102 valence electrons. The summed E-state index contributed by atoms with van der Waals surface area (Å²) in [5.41, 5.74) is -0.0149. The largest absolute Gasteiger partial charge is 0.416 e. The van der Waals surface area contributed by atoms with Crippen molar-refractivity contribution in [2.75, 3.05) is 26.2 Å². The van der Waals surface area contributed by atoms with Gasteiger partial charge in [0.1, 0.15) is 0 Å². The molecule has 0 amide bonds. The van der Waals surface area contributed by atoms with Crippen LogP contribution >= 0.6 is 0 Å². The maximum absolute atomic E-state index is 12.6. The molecule has 0 aromatic heterocycles. The Morgan fingerprint density at radius 1 is 1.26 bits per heavy atom. The standard InChI is InChI=1S/C13H14F3N3/c14-13(15,16)12-2-1-10(11(7-12)8-17)9-19-5-3-18-4-6-19/h1-2,7,18H,3-6,9H2. The van der Waals surface area contributed by atoms with Crippen LogP contribution < -0.4 is 5.32 Å². The zero-order valence-electron chi connectivity index (χ0n) is 10.3. The van der Waals surface area contributed by atoms with Gasteiger partial charge in [0.25, 0.3) is 0 Å². The number of hydrogen-bond acceptors (Lipinski definition) is 3. The molecule has 0 aliphatic carbocycles. The van der Waals surface area contributed by atoms with Gasteiger partial charge >= 0.3 is 6.18 Å². The third-order valence-electron chi connectivity index (χ3n) is 3.16. The van der Waals surface area contributed by atoms with Gasteiger partial charge in [0.2, 0.25) is 0 Å². The highest BCUT2D eigenvalue weighted by Crippen LogP contribution is 2.30. The molecule has 0 radical (unpaired) electrons. The van der Waals surface area contributed by atoms with Crippen molar-refractivity contribution in [3.8, 4) is 6.07 Å². The number of alkyl halides is 3. The van der Waals surface area contributed by atoms with Crippen LogP contribution in [-0.2, 0) is 12.7 Å². The maximum atomic E-state index is 12.6. The summed E-state index contributed by atoms with van der Waals surface area (Å²) in [5.74, 6) is 0. The fraction of sp³-hybridized carbons (Fsp3) is 0.462. The SMILES string of the molecule is N#Cc1cc(C(F)(F)F)ccc1CN1CCNCC1. The molecule has 1 N–H and O–H groups in total. The van der Waals surface area contributed by atoms with Crippen molar-refractivity contribution in [2.24, 2.45) is 0 Å². The highest BCUT2D eigenvalue weighted by atomic mass is 19.4. The first kappa shape index (κ1) is 13.8. The Hall–Kier alpha value is -1.58. The molecule has 1 aliphatic rings. The van der Waals surface area contributed by atoms with E-state index in [4.69, 9.17) is 5.26 Å². The van der Waals surface area contributed by atoms with E-state index < -0.39 is 11.7 Å². The number of piperazine rings is 1. The first-order valence-corrected chi connectivity index (χ1v) is 6.04. The molecule has 1 aliphatic heterocycles.